The van der Waals surface area contributed by atoms with Gasteiger partial charge in [0.25, 0.3) is 0 Å². The number of piperidine rings is 1. The number of hydrogen-bond donors (Lipinski definition) is 1. The Balaban J connectivity index is 2.47. The lowest BCUT2D eigenvalue weighted by atomic mass is 9.80. The maximum Gasteiger partial charge on any atom is 0.234 e. The molecule has 0 spiro atoms. The molecule has 20 heavy (non-hydrogen) atoms. The summed E-state index contributed by atoms with van der Waals surface area (Å²) in [4.78, 5) is 23.2. The summed E-state index contributed by atoms with van der Waals surface area (Å²) in [6.45, 7) is 7.62. The summed E-state index contributed by atoms with van der Waals surface area (Å²) < 4.78 is 14.1. The second kappa shape index (κ2) is 5.00. The number of nitrogens with one attached hydrogen (secondary N) is 1. The first-order chi connectivity index (χ1) is 9.20. The molecular weight excluding hydrogens is 257 g/mol. The summed E-state index contributed by atoms with van der Waals surface area (Å²) in [7, 11) is 0. The zero-order chi connectivity index (χ0) is 15.1. The molecular formula is C16H20FNO2. The van der Waals surface area contributed by atoms with Crippen molar-refractivity contribution in [1.82, 2.24) is 5.32 Å². The van der Waals surface area contributed by atoms with Gasteiger partial charge in [-0.25, -0.2) is 4.39 Å². The zero-order valence-electron chi connectivity index (χ0n) is 12.3. The molecule has 2 amide bonds. The Hall–Kier alpha value is -1.71. The van der Waals surface area contributed by atoms with Gasteiger partial charge in [0.1, 0.15) is 5.82 Å². The van der Waals surface area contributed by atoms with Crippen molar-refractivity contribution in [3.63, 3.8) is 0 Å². The van der Waals surface area contributed by atoms with Gasteiger partial charge in [0, 0.05) is 6.42 Å². The zero-order valence-corrected chi connectivity index (χ0v) is 12.3. The topological polar surface area (TPSA) is 46.2 Å². The van der Waals surface area contributed by atoms with Gasteiger partial charge in [-0.3, -0.25) is 14.9 Å². The molecule has 0 saturated carbocycles. The fourth-order valence-electron chi connectivity index (χ4n) is 2.63. The van der Waals surface area contributed by atoms with Crippen molar-refractivity contribution in [2.75, 3.05) is 0 Å². The summed E-state index contributed by atoms with van der Waals surface area (Å²) in [5.41, 5.74) is 1.85. The SMILES string of the molecule is Cc1cc(F)c(C(C)(C)C)cc1C1CCC(=O)NC1=O. The molecule has 1 atom stereocenters. The van der Waals surface area contributed by atoms with Crippen LogP contribution in [0, 0.1) is 12.7 Å². The highest BCUT2D eigenvalue weighted by Crippen LogP contribution is 2.33. The van der Waals surface area contributed by atoms with E-state index in [-0.39, 0.29) is 29.0 Å². The first kappa shape index (κ1) is 14.7. The third-order valence-electron chi connectivity index (χ3n) is 3.78. The standard InChI is InChI=1S/C16H20FNO2/c1-9-7-13(17)12(16(2,3)4)8-11(9)10-5-6-14(19)18-15(10)20/h7-8,10H,5-6H2,1-4H3,(H,18,19,20). The van der Waals surface area contributed by atoms with E-state index in [1.807, 2.05) is 20.8 Å². The lowest BCUT2D eigenvalue weighted by Crippen LogP contribution is -2.39. The maximum atomic E-state index is 14.1. The van der Waals surface area contributed by atoms with Crippen LogP contribution in [-0.2, 0) is 15.0 Å². The highest BCUT2D eigenvalue weighted by Gasteiger charge is 2.30. The molecule has 1 heterocycles. The van der Waals surface area contributed by atoms with E-state index in [4.69, 9.17) is 0 Å². The lowest BCUT2D eigenvalue weighted by molar-refractivity contribution is -0.134. The highest BCUT2D eigenvalue weighted by atomic mass is 19.1. The Morgan fingerprint density at radius 3 is 2.45 bits per heavy atom. The van der Waals surface area contributed by atoms with Crippen LogP contribution in [0.2, 0.25) is 0 Å². The number of hydrogen-bond acceptors (Lipinski definition) is 2. The minimum Gasteiger partial charge on any atom is -0.296 e. The number of halogens is 1. The van der Waals surface area contributed by atoms with E-state index in [1.165, 1.54) is 6.07 Å². The van der Waals surface area contributed by atoms with Gasteiger partial charge in [0.05, 0.1) is 5.92 Å². The molecule has 4 heteroatoms. The van der Waals surface area contributed by atoms with E-state index >= 15 is 0 Å². The van der Waals surface area contributed by atoms with E-state index in [1.54, 1.807) is 13.0 Å². The molecule has 1 saturated heterocycles. The van der Waals surface area contributed by atoms with Crippen LogP contribution in [0.25, 0.3) is 0 Å². The first-order valence-electron chi connectivity index (χ1n) is 6.84. The third kappa shape index (κ3) is 2.74. The quantitative estimate of drug-likeness (QED) is 0.802. The smallest absolute Gasteiger partial charge is 0.234 e. The number of imide groups is 1. The number of carbonyl (C=O) groups is 2. The molecule has 1 fully saturated rings. The number of aryl methyl sites for hydroxylation is 1. The van der Waals surface area contributed by atoms with Crippen molar-refractivity contribution in [3.05, 3.63) is 34.6 Å². The predicted octanol–water partition coefficient (Wildman–Crippen LogP) is 2.95. The maximum absolute atomic E-state index is 14.1. The van der Waals surface area contributed by atoms with Crippen LogP contribution >= 0.6 is 0 Å². The summed E-state index contributed by atoms with van der Waals surface area (Å²) in [6, 6.07) is 3.27. The summed E-state index contributed by atoms with van der Waals surface area (Å²) in [5.74, 6) is -1.13. The number of carbonyl (C=O) groups excluding carboxylic acids is 2. The van der Waals surface area contributed by atoms with Gasteiger partial charge in [-0.1, -0.05) is 26.8 Å². The molecule has 0 aromatic heterocycles. The van der Waals surface area contributed by atoms with Crippen LogP contribution in [0.3, 0.4) is 0 Å². The van der Waals surface area contributed by atoms with Crippen molar-refractivity contribution in [2.45, 2.75) is 51.9 Å². The number of amides is 2. The molecule has 1 aromatic rings. The van der Waals surface area contributed by atoms with Gasteiger partial charge < -0.3 is 0 Å². The first-order valence-corrected chi connectivity index (χ1v) is 6.84. The molecule has 0 aliphatic carbocycles. The van der Waals surface area contributed by atoms with Crippen molar-refractivity contribution in [1.29, 1.82) is 0 Å². The second-order valence-corrected chi connectivity index (χ2v) is 6.44. The average Bonchev–Trinajstić information content (AvgIpc) is 2.28. The molecule has 1 aliphatic heterocycles. The Morgan fingerprint density at radius 1 is 1.25 bits per heavy atom. The monoisotopic (exact) mass is 277 g/mol. The molecule has 0 radical (unpaired) electrons. The molecule has 3 nitrogen and oxygen atoms in total. The minimum atomic E-state index is -0.366. The Kier molecular flexibility index (Phi) is 3.67. The summed E-state index contributed by atoms with van der Waals surface area (Å²) in [6.07, 6.45) is 0.818. The van der Waals surface area contributed by atoms with Gasteiger partial charge >= 0.3 is 0 Å². The Labute approximate surface area is 118 Å². The van der Waals surface area contributed by atoms with Crippen LogP contribution in [-0.4, -0.2) is 11.8 Å². The Bertz CT molecular complexity index is 573. The third-order valence-corrected chi connectivity index (χ3v) is 3.78. The fraction of sp³-hybridized carbons (Fsp3) is 0.500. The van der Waals surface area contributed by atoms with Crippen LogP contribution < -0.4 is 5.32 Å². The van der Waals surface area contributed by atoms with Crippen LogP contribution in [0.4, 0.5) is 4.39 Å². The van der Waals surface area contributed by atoms with Crippen LogP contribution in [0.15, 0.2) is 12.1 Å². The lowest BCUT2D eigenvalue weighted by Gasteiger charge is -2.26. The average molecular weight is 277 g/mol. The fourth-order valence-corrected chi connectivity index (χ4v) is 2.63. The van der Waals surface area contributed by atoms with E-state index in [0.29, 0.717) is 18.4 Å². The highest BCUT2D eigenvalue weighted by molar-refractivity contribution is 6.01. The number of benzene rings is 1. The molecule has 108 valence electrons. The van der Waals surface area contributed by atoms with Gasteiger partial charge in [0.2, 0.25) is 11.8 Å². The molecule has 1 N–H and O–H groups in total. The minimum absolute atomic E-state index is 0.234. The van der Waals surface area contributed by atoms with Crippen molar-refractivity contribution in [3.8, 4) is 0 Å². The summed E-state index contributed by atoms with van der Waals surface area (Å²) in [5, 5.41) is 2.36. The summed E-state index contributed by atoms with van der Waals surface area (Å²) >= 11 is 0. The van der Waals surface area contributed by atoms with Crippen LogP contribution in [0.1, 0.15) is 56.2 Å². The van der Waals surface area contributed by atoms with Crippen LogP contribution in [0.5, 0.6) is 0 Å². The van der Waals surface area contributed by atoms with Crippen molar-refractivity contribution in [2.24, 2.45) is 0 Å². The van der Waals surface area contributed by atoms with E-state index < -0.39 is 0 Å². The second-order valence-electron chi connectivity index (χ2n) is 6.44. The van der Waals surface area contributed by atoms with E-state index in [9.17, 15) is 14.0 Å². The van der Waals surface area contributed by atoms with Crippen molar-refractivity contribution >= 4 is 11.8 Å². The normalized spacial score (nSPS) is 19.9. The molecule has 1 unspecified atom stereocenters. The predicted molar refractivity (Wildman–Crippen MR) is 75.0 cm³/mol. The molecule has 2 rings (SSSR count). The van der Waals surface area contributed by atoms with Gasteiger partial charge in [0.15, 0.2) is 0 Å². The molecule has 1 aromatic carbocycles. The van der Waals surface area contributed by atoms with E-state index in [2.05, 4.69) is 5.32 Å². The number of rotatable bonds is 1. The van der Waals surface area contributed by atoms with Gasteiger partial charge in [-0.15, -0.1) is 0 Å². The van der Waals surface area contributed by atoms with Gasteiger partial charge in [-0.2, -0.15) is 0 Å². The molecule has 1 aliphatic rings. The van der Waals surface area contributed by atoms with Gasteiger partial charge in [-0.05, 0) is 41.5 Å². The largest absolute Gasteiger partial charge is 0.296 e. The van der Waals surface area contributed by atoms with E-state index in [0.717, 1.165) is 11.1 Å². The van der Waals surface area contributed by atoms with Crippen molar-refractivity contribution < 1.29 is 14.0 Å². The molecule has 0 bridgehead atoms. The Morgan fingerprint density at radius 2 is 1.90 bits per heavy atom.